The molecule has 1 fully saturated rings. The van der Waals surface area contributed by atoms with Crippen molar-refractivity contribution in [2.24, 2.45) is 10.9 Å². The Kier molecular flexibility index (Phi) is 8.58. The minimum Gasteiger partial charge on any atom is -0.468 e. The van der Waals surface area contributed by atoms with Gasteiger partial charge in [0.15, 0.2) is 5.96 Å². The summed E-state index contributed by atoms with van der Waals surface area (Å²) < 4.78 is 11.1. The van der Waals surface area contributed by atoms with Gasteiger partial charge >= 0.3 is 0 Å². The van der Waals surface area contributed by atoms with Gasteiger partial charge in [0, 0.05) is 39.9 Å². The van der Waals surface area contributed by atoms with E-state index in [1.54, 1.807) is 6.26 Å². The lowest BCUT2D eigenvalue weighted by molar-refractivity contribution is 0.123. The van der Waals surface area contributed by atoms with Gasteiger partial charge in [-0.1, -0.05) is 24.3 Å². The molecule has 0 unspecified atom stereocenters. The van der Waals surface area contributed by atoms with Crippen LogP contribution in [0.25, 0.3) is 0 Å². The summed E-state index contributed by atoms with van der Waals surface area (Å²) in [6, 6.07) is 12.5. The van der Waals surface area contributed by atoms with Crippen molar-refractivity contribution in [3.63, 3.8) is 0 Å². The molecule has 29 heavy (non-hydrogen) atoms. The summed E-state index contributed by atoms with van der Waals surface area (Å²) in [7, 11) is 3.92. The molecule has 1 aromatic heterocycles. The van der Waals surface area contributed by atoms with Crippen molar-refractivity contribution >= 4 is 5.96 Å². The Morgan fingerprint density at radius 1 is 1.14 bits per heavy atom. The first-order chi connectivity index (χ1) is 14.2. The predicted molar refractivity (Wildman–Crippen MR) is 117 cm³/mol. The van der Waals surface area contributed by atoms with Crippen LogP contribution in [0.1, 0.15) is 36.1 Å². The number of ether oxygens (including phenoxy) is 1. The van der Waals surface area contributed by atoms with E-state index in [0.29, 0.717) is 0 Å². The number of nitrogens with one attached hydrogen (secondary N) is 2. The quantitative estimate of drug-likeness (QED) is 0.326. The van der Waals surface area contributed by atoms with Crippen LogP contribution in [-0.4, -0.2) is 44.7 Å². The van der Waals surface area contributed by atoms with Crippen LogP contribution in [0.5, 0.6) is 0 Å². The van der Waals surface area contributed by atoms with E-state index in [0.717, 1.165) is 63.5 Å². The van der Waals surface area contributed by atoms with Crippen LogP contribution >= 0.6 is 0 Å². The van der Waals surface area contributed by atoms with E-state index in [9.17, 15) is 0 Å². The zero-order valence-electron chi connectivity index (χ0n) is 17.7. The lowest BCUT2D eigenvalue weighted by Crippen LogP contribution is -2.37. The topological polar surface area (TPSA) is 62.0 Å². The van der Waals surface area contributed by atoms with E-state index < -0.39 is 0 Å². The standard InChI is InChI=1S/C23H34N4O2/c1-24-23(25-12-6-13-28-18-19-10-11-19)26-15-20-7-3-4-8-21(20)16-27(2)17-22-9-5-14-29-22/h3-5,7-9,14,19H,6,10-13,15-18H2,1-2H3,(H2,24,25,26). The molecule has 0 bridgehead atoms. The van der Waals surface area contributed by atoms with Crippen LogP contribution in [0.4, 0.5) is 0 Å². The van der Waals surface area contributed by atoms with Crippen LogP contribution in [0.15, 0.2) is 52.1 Å². The molecule has 1 saturated carbocycles. The Labute approximate surface area is 174 Å². The van der Waals surface area contributed by atoms with Gasteiger partial charge in [-0.3, -0.25) is 9.89 Å². The molecule has 0 amide bonds. The minimum absolute atomic E-state index is 0.739. The summed E-state index contributed by atoms with van der Waals surface area (Å²) in [5, 5.41) is 6.79. The third-order valence-electron chi connectivity index (χ3n) is 5.04. The average Bonchev–Trinajstić information content (AvgIpc) is 3.42. The van der Waals surface area contributed by atoms with Crippen molar-refractivity contribution in [3.05, 3.63) is 59.5 Å². The second kappa shape index (κ2) is 11.6. The van der Waals surface area contributed by atoms with Crippen molar-refractivity contribution in [2.45, 2.75) is 38.9 Å². The fraction of sp³-hybridized carbons (Fsp3) is 0.522. The zero-order valence-corrected chi connectivity index (χ0v) is 17.7. The van der Waals surface area contributed by atoms with Crippen LogP contribution < -0.4 is 10.6 Å². The molecule has 0 spiro atoms. The third kappa shape index (κ3) is 7.91. The fourth-order valence-electron chi connectivity index (χ4n) is 3.21. The summed E-state index contributed by atoms with van der Waals surface area (Å²) in [5.41, 5.74) is 2.58. The van der Waals surface area contributed by atoms with Crippen molar-refractivity contribution in [1.82, 2.24) is 15.5 Å². The molecule has 0 aliphatic heterocycles. The molecule has 1 aromatic carbocycles. The fourth-order valence-corrected chi connectivity index (χ4v) is 3.21. The molecule has 6 heteroatoms. The first-order valence-electron chi connectivity index (χ1n) is 10.5. The third-order valence-corrected chi connectivity index (χ3v) is 5.04. The van der Waals surface area contributed by atoms with E-state index in [-0.39, 0.29) is 0 Å². The monoisotopic (exact) mass is 398 g/mol. The molecule has 3 rings (SSSR count). The highest BCUT2D eigenvalue weighted by atomic mass is 16.5. The van der Waals surface area contributed by atoms with Crippen molar-refractivity contribution in [2.75, 3.05) is 33.9 Å². The number of furan rings is 1. The van der Waals surface area contributed by atoms with E-state index in [1.165, 1.54) is 24.0 Å². The Balaban J connectivity index is 1.40. The van der Waals surface area contributed by atoms with Gasteiger partial charge in [-0.2, -0.15) is 0 Å². The molecule has 1 aliphatic carbocycles. The largest absolute Gasteiger partial charge is 0.468 e. The Morgan fingerprint density at radius 3 is 2.69 bits per heavy atom. The van der Waals surface area contributed by atoms with Gasteiger partial charge in [0.25, 0.3) is 0 Å². The van der Waals surface area contributed by atoms with Gasteiger partial charge in [-0.15, -0.1) is 0 Å². The van der Waals surface area contributed by atoms with Gasteiger partial charge in [0.05, 0.1) is 12.8 Å². The van der Waals surface area contributed by atoms with Crippen LogP contribution in [0, 0.1) is 5.92 Å². The number of hydrogen-bond donors (Lipinski definition) is 2. The Hall–Kier alpha value is -2.31. The number of aliphatic imine (C=N–C) groups is 1. The van der Waals surface area contributed by atoms with Gasteiger partial charge in [0.1, 0.15) is 5.76 Å². The van der Waals surface area contributed by atoms with Crippen molar-refractivity contribution in [1.29, 1.82) is 0 Å². The molecule has 6 nitrogen and oxygen atoms in total. The van der Waals surface area contributed by atoms with E-state index in [4.69, 9.17) is 9.15 Å². The Bertz CT molecular complexity index is 741. The first-order valence-corrected chi connectivity index (χ1v) is 10.5. The van der Waals surface area contributed by atoms with E-state index >= 15 is 0 Å². The molecule has 2 N–H and O–H groups in total. The van der Waals surface area contributed by atoms with Gasteiger partial charge in [0.2, 0.25) is 0 Å². The number of nitrogens with zero attached hydrogens (tertiary/aromatic N) is 2. The lowest BCUT2D eigenvalue weighted by Gasteiger charge is -2.19. The lowest BCUT2D eigenvalue weighted by atomic mass is 10.1. The highest BCUT2D eigenvalue weighted by molar-refractivity contribution is 5.79. The Morgan fingerprint density at radius 2 is 1.97 bits per heavy atom. The molecule has 0 saturated heterocycles. The van der Waals surface area contributed by atoms with Gasteiger partial charge < -0.3 is 19.8 Å². The summed E-state index contributed by atoms with van der Waals surface area (Å²) in [6.45, 7) is 4.99. The summed E-state index contributed by atoms with van der Waals surface area (Å²) in [6.07, 6.45) is 5.39. The molecular weight excluding hydrogens is 364 g/mol. The molecule has 0 atom stereocenters. The van der Waals surface area contributed by atoms with E-state index in [1.807, 2.05) is 19.2 Å². The van der Waals surface area contributed by atoms with Gasteiger partial charge in [-0.05, 0) is 55.5 Å². The number of rotatable bonds is 12. The number of hydrogen-bond acceptors (Lipinski definition) is 4. The van der Waals surface area contributed by atoms with Gasteiger partial charge in [-0.25, -0.2) is 0 Å². The van der Waals surface area contributed by atoms with E-state index in [2.05, 4.69) is 51.8 Å². The number of guanidine groups is 1. The first kappa shape index (κ1) is 21.4. The number of benzene rings is 1. The maximum atomic E-state index is 5.68. The summed E-state index contributed by atoms with van der Waals surface area (Å²) >= 11 is 0. The van der Waals surface area contributed by atoms with Crippen molar-refractivity contribution < 1.29 is 9.15 Å². The molecule has 0 radical (unpaired) electrons. The maximum Gasteiger partial charge on any atom is 0.191 e. The normalized spacial score (nSPS) is 14.4. The molecular formula is C23H34N4O2. The van der Waals surface area contributed by atoms with Crippen LogP contribution in [-0.2, 0) is 24.4 Å². The van der Waals surface area contributed by atoms with Crippen molar-refractivity contribution in [3.8, 4) is 0 Å². The zero-order chi connectivity index (χ0) is 20.3. The highest BCUT2D eigenvalue weighted by Gasteiger charge is 2.20. The summed E-state index contributed by atoms with van der Waals surface area (Å²) in [5.74, 6) is 2.63. The molecule has 158 valence electrons. The molecule has 1 aliphatic rings. The molecule has 2 aromatic rings. The second-order valence-electron chi connectivity index (χ2n) is 7.74. The van der Waals surface area contributed by atoms with Crippen LogP contribution in [0.2, 0.25) is 0 Å². The smallest absolute Gasteiger partial charge is 0.191 e. The highest BCUT2D eigenvalue weighted by Crippen LogP contribution is 2.28. The molecule has 1 heterocycles. The SMILES string of the molecule is CN=C(NCCCOCC1CC1)NCc1ccccc1CN(C)Cc1ccco1. The van der Waals surface area contributed by atoms with Crippen LogP contribution in [0.3, 0.4) is 0 Å². The maximum absolute atomic E-state index is 5.68. The minimum atomic E-state index is 0.739. The average molecular weight is 399 g/mol. The predicted octanol–water partition coefficient (Wildman–Crippen LogP) is 3.39. The second-order valence-corrected chi connectivity index (χ2v) is 7.74. The summed E-state index contributed by atoms with van der Waals surface area (Å²) in [4.78, 5) is 6.59.